The minimum atomic E-state index is -0.792. The molecule has 1 rings (SSSR count). The van der Waals surface area contributed by atoms with Gasteiger partial charge in [0.05, 0.1) is 11.4 Å². The topological polar surface area (TPSA) is 76.2 Å². The first-order chi connectivity index (χ1) is 5.72. The average molecular weight is 186 g/mol. The van der Waals surface area contributed by atoms with Gasteiger partial charge in [-0.25, -0.2) is 4.98 Å². The molecular formula is C7H10N2O2S. The van der Waals surface area contributed by atoms with Crippen molar-refractivity contribution < 1.29 is 9.90 Å². The van der Waals surface area contributed by atoms with Crippen molar-refractivity contribution in [1.29, 1.82) is 0 Å². The van der Waals surface area contributed by atoms with Crippen LogP contribution >= 0.6 is 11.3 Å². The summed E-state index contributed by atoms with van der Waals surface area (Å²) < 4.78 is 0. The highest BCUT2D eigenvalue weighted by Gasteiger charge is 2.03. The van der Waals surface area contributed by atoms with E-state index < -0.39 is 5.97 Å². The molecule has 0 aliphatic rings. The third kappa shape index (κ3) is 2.60. The molecule has 66 valence electrons. The number of nitrogens with zero attached hydrogens (tertiary/aromatic N) is 1. The van der Waals surface area contributed by atoms with Crippen molar-refractivity contribution in [3.05, 3.63) is 16.1 Å². The smallest absolute Gasteiger partial charge is 0.303 e. The number of nitrogens with two attached hydrogens (primary N) is 1. The molecule has 0 aliphatic carbocycles. The van der Waals surface area contributed by atoms with Crippen molar-refractivity contribution in [3.8, 4) is 0 Å². The fourth-order valence-electron chi connectivity index (χ4n) is 0.772. The molecule has 0 aromatic carbocycles. The molecule has 1 heterocycles. The molecule has 1 aromatic rings. The van der Waals surface area contributed by atoms with Crippen LogP contribution in [0.15, 0.2) is 6.20 Å². The largest absolute Gasteiger partial charge is 0.481 e. The van der Waals surface area contributed by atoms with Crippen LogP contribution in [0.2, 0.25) is 0 Å². The van der Waals surface area contributed by atoms with Crippen LogP contribution in [-0.4, -0.2) is 16.1 Å². The van der Waals surface area contributed by atoms with Gasteiger partial charge >= 0.3 is 5.97 Å². The predicted molar refractivity (Wildman–Crippen MR) is 46.0 cm³/mol. The van der Waals surface area contributed by atoms with Crippen LogP contribution in [-0.2, 0) is 17.8 Å². The minimum Gasteiger partial charge on any atom is -0.481 e. The van der Waals surface area contributed by atoms with Crippen LogP contribution in [0, 0.1) is 0 Å². The van der Waals surface area contributed by atoms with Gasteiger partial charge in [-0.15, -0.1) is 11.3 Å². The molecule has 0 saturated carbocycles. The van der Waals surface area contributed by atoms with Crippen LogP contribution in [0.4, 0.5) is 0 Å². The second-order valence-electron chi connectivity index (χ2n) is 2.32. The number of carboxylic acids is 1. The molecule has 4 nitrogen and oxygen atoms in total. The van der Waals surface area contributed by atoms with Crippen molar-refractivity contribution in [2.24, 2.45) is 5.73 Å². The highest BCUT2D eigenvalue weighted by Crippen LogP contribution is 2.13. The maximum absolute atomic E-state index is 10.2. The Bertz CT molecular complexity index is 272. The van der Waals surface area contributed by atoms with Gasteiger partial charge in [0.25, 0.3) is 0 Å². The van der Waals surface area contributed by atoms with Crippen molar-refractivity contribution in [3.63, 3.8) is 0 Å². The lowest BCUT2D eigenvalue weighted by molar-refractivity contribution is -0.136. The lowest BCUT2D eigenvalue weighted by atomic mass is 10.3. The van der Waals surface area contributed by atoms with Crippen molar-refractivity contribution in [2.75, 3.05) is 0 Å². The maximum atomic E-state index is 10.2. The van der Waals surface area contributed by atoms with Gasteiger partial charge in [0.2, 0.25) is 0 Å². The number of hydrogen-bond acceptors (Lipinski definition) is 4. The number of thiazole rings is 1. The van der Waals surface area contributed by atoms with E-state index in [-0.39, 0.29) is 6.42 Å². The molecule has 1 aromatic heterocycles. The minimum absolute atomic E-state index is 0.136. The van der Waals surface area contributed by atoms with Crippen LogP contribution in [0.1, 0.15) is 16.3 Å². The summed E-state index contributed by atoms with van der Waals surface area (Å²) in [5, 5.41) is 9.24. The number of aryl methyl sites for hydroxylation is 1. The van der Waals surface area contributed by atoms with E-state index in [1.54, 1.807) is 6.20 Å². The van der Waals surface area contributed by atoms with E-state index in [4.69, 9.17) is 10.8 Å². The molecule has 0 saturated heterocycles. The number of aromatic nitrogens is 1. The summed E-state index contributed by atoms with van der Waals surface area (Å²) in [6.07, 6.45) is 2.33. The van der Waals surface area contributed by atoms with E-state index in [1.807, 2.05) is 0 Å². The zero-order chi connectivity index (χ0) is 8.97. The number of hydrogen-bond donors (Lipinski definition) is 2. The van der Waals surface area contributed by atoms with Gasteiger partial charge in [0.1, 0.15) is 0 Å². The highest BCUT2D eigenvalue weighted by atomic mass is 32.1. The maximum Gasteiger partial charge on any atom is 0.303 e. The van der Waals surface area contributed by atoms with Crippen LogP contribution < -0.4 is 5.73 Å². The summed E-state index contributed by atoms with van der Waals surface area (Å²) in [6.45, 7) is 0.477. The molecule has 0 aliphatic heterocycles. The molecule has 0 unspecified atom stereocenters. The molecule has 0 atom stereocenters. The summed E-state index contributed by atoms with van der Waals surface area (Å²) in [6, 6.07) is 0. The van der Waals surface area contributed by atoms with Crippen molar-refractivity contribution >= 4 is 17.3 Å². The molecule has 0 amide bonds. The first kappa shape index (κ1) is 9.15. The Balaban J connectivity index is 2.47. The van der Waals surface area contributed by atoms with Crippen LogP contribution in [0.3, 0.4) is 0 Å². The molecular weight excluding hydrogens is 176 g/mol. The Hall–Kier alpha value is -0.940. The number of aliphatic carboxylic acids is 1. The monoisotopic (exact) mass is 186 g/mol. The first-order valence-corrected chi connectivity index (χ1v) is 4.39. The molecule has 0 radical (unpaired) electrons. The fourth-order valence-corrected chi connectivity index (χ4v) is 1.57. The third-order valence-corrected chi connectivity index (χ3v) is 2.43. The summed E-state index contributed by atoms with van der Waals surface area (Å²) in [4.78, 5) is 15.2. The average Bonchev–Trinajstić information content (AvgIpc) is 2.48. The van der Waals surface area contributed by atoms with Gasteiger partial charge in [0, 0.05) is 24.0 Å². The van der Waals surface area contributed by atoms with Gasteiger partial charge in [0.15, 0.2) is 0 Å². The number of carbonyl (C=O) groups is 1. The summed E-state index contributed by atoms with van der Waals surface area (Å²) in [7, 11) is 0. The fraction of sp³-hybridized carbons (Fsp3) is 0.429. The summed E-state index contributed by atoms with van der Waals surface area (Å²) >= 11 is 1.48. The lowest BCUT2D eigenvalue weighted by Crippen LogP contribution is -1.96. The molecule has 3 N–H and O–H groups in total. The third-order valence-electron chi connectivity index (χ3n) is 1.36. The first-order valence-electron chi connectivity index (χ1n) is 3.58. The lowest BCUT2D eigenvalue weighted by Gasteiger charge is -1.89. The second kappa shape index (κ2) is 4.18. The van der Waals surface area contributed by atoms with E-state index in [0.29, 0.717) is 13.0 Å². The molecule has 0 spiro atoms. The zero-order valence-corrected chi connectivity index (χ0v) is 7.30. The second-order valence-corrected chi connectivity index (χ2v) is 3.52. The van der Waals surface area contributed by atoms with Crippen LogP contribution in [0.5, 0.6) is 0 Å². The van der Waals surface area contributed by atoms with Crippen molar-refractivity contribution in [1.82, 2.24) is 4.98 Å². The van der Waals surface area contributed by atoms with E-state index in [0.717, 1.165) is 9.88 Å². The Morgan fingerprint density at radius 1 is 1.75 bits per heavy atom. The summed E-state index contributed by atoms with van der Waals surface area (Å²) in [5.74, 6) is -0.792. The van der Waals surface area contributed by atoms with Gasteiger partial charge in [-0.2, -0.15) is 0 Å². The normalized spacial score (nSPS) is 10.1. The van der Waals surface area contributed by atoms with Crippen LogP contribution in [0.25, 0.3) is 0 Å². The standard InChI is InChI=1S/C7H10N2O2S/c8-3-5-4-9-6(12-5)1-2-7(10)11/h4H,1-3,8H2,(H,10,11). The Morgan fingerprint density at radius 2 is 2.50 bits per heavy atom. The molecule has 0 fully saturated rings. The van der Waals surface area contributed by atoms with Gasteiger partial charge in [-0.1, -0.05) is 0 Å². The Kier molecular flexibility index (Phi) is 3.19. The highest BCUT2D eigenvalue weighted by molar-refractivity contribution is 7.11. The molecule has 12 heavy (non-hydrogen) atoms. The van der Waals surface area contributed by atoms with E-state index >= 15 is 0 Å². The van der Waals surface area contributed by atoms with Crippen molar-refractivity contribution in [2.45, 2.75) is 19.4 Å². The zero-order valence-electron chi connectivity index (χ0n) is 6.49. The quantitative estimate of drug-likeness (QED) is 0.722. The van der Waals surface area contributed by atoms with Gasteiger partial charge in [-0.3, -0.25) is 4.79 Å². The van der Waals surface area contributed by atoms with Gasteiger partial charge in [-0.05, 0) is 0 Å². The van der Waals surface area contributed by atoms with E-state index in [1.165, 1.54) is 11.3 Å². The molecule has 5 heteroatoms. The van der Waals surface area contributed by atoms with Gasteiger partial charge < -0.3 is 10.8 Å². The molecule has 0 bridgehead atoms. The number of carboxylic acid groups (broad SMARTS) is 1. The van der Waals surface area contributed by atoms with E-state index in [9.17, 15) is 4.79 Å². The Morgan fingerprint density at radius 3 is 3.00 bits per heavy atom. The summed E-state index contributed by atoms with van der Waals surface area (Å²) in [5.41, 5.74) is 5.37. The Labute approximate surface area is 74.0 Å². The number of rotatable bonds is 4. The van der Waals surface area contributed by atoms with E-state index in [2.05, 4.69) is 4.98 Å². The predicted octanol–water partition coefficient (Wildman–Crippen LogP) is 0.619. The SMILES string of the molecule is NCc1cnc(CCC(=O)O)s1.